The first-order valence-electron chi connectivity index (χ1n) is 12.6. The molecule has 0 saturated carbocycles. The second-order valence-electron chi connectivity index (χ2n) is 9.28. The fourth-order valence-electron chi connectivity index (χ4n) is 4.62. The van der Waals surface area contributed by atoms with Crippen LogP contribution in [0.4, 0.5) is 5.69 Å². The van der Waals surface area contributed by atoms with Crippen molar-refractivity contribution in [1.29, 1.82) is 0 Å². The minimum absolute atomic E-state index is 0.126. The summed E-state index contributed by atoms with van der Waals surface area (Å²) >= 11 is 3.43. The molecular weight excluding hydrogens is 554 g/mol. The fourth-order valence-corrected chi connectivity index (χ4v) is 6.63. The van der Waals surface area contributed by atoms with E-state index in [1.165, 1.54) is 4.31 Å². The second kappa shape index (κ2) is 11.6. The number of halogens is 1. The maximum Gasteiger partial charge on any atom is 0.265 e. The maximum atomic E-state index is 13.4. The number of hydrogen-bond donors (Lipinski definition) is 1. The summed E-state index contributed by atoms with van der Waals surface area (Å²) in [6.07, 6.45) is 2.30. The van der Waals surface area contributed by atoms with Crippen LogP contribution >= 0.6 is 15.9 Å². The van der Waals surface area contributed by atoms with E-state index < -0.39 is 16.1 Å². The molecule has 0 bridgehead atoms. The maximum absolute atomic E-state index is 13.4. The van der Waals surface area contributed by atoms with Gasteiger partial charge in [0.05, 0.1) is 10.6 Å². The van der Waals surface area contributed by atoms with Crippen molar-refractivity contribution in [2.75, 3.05) is 17.4 Å². The van der Waals surface area contributed by atoms with Gasteiger partial charge < -0.3 is 10.2 Å². The smallest absolute Gasteiger partial charge is 0.265 e. The number of anilines is 1. The van der Waals surface area contributed by atoms with Gasteiger partial charge in [0.2, 0.25) is 11.8 Å². The molecule has 7 nitrogen and oxygen atoms in total. The Bertz CT molecular complexity index is 1390. The summed E-state index contributed by atoms with van der Waals surface area (Å²) < 4.78 is 28.8. The van der Waals surface area contributed by atoms with Crippen molar-refractivity contribution < 1.29 is 18.0 Å². The number of sulfonamides is 1. The molecule has 4 rings (SSSR count). The lowest BCUT2D eigenvalue weighted by atomic mass is 10.1. The largest absolute Gasteiger partial charge is 0.354 e. The third-order valence-corrected chi connectivity index (χ3v) is 9.08. The SMILES string of the molecule is CCCCNC(=O)C(C)N(Cc1ccc(Br)cc1)C(=O)CCCN1c2cccc3cccc(c23)S1(=O)=O. The quantitative estimate of drug-likeness (QED) is 0.312. The number of benzene rings is 3. The summed E-state index contributed by atoms with van der Waals surface area (Å²) in [7, 11) is -3.67. The monoisotopic (exact) mass is 585 g/mol. The van der Waals surface area contributed by atoms with Gasteiger partial charge in [0.1, 0.15) is 6.04 Å². The van der Waals surface area contributed by atoms with Crippen molar-refractivity contribution in [3.63, 3.8) is 0 Å². The molecule has 3 aromatic rings. The van der Waals surface area contributed by atoms with Gasteiger partial charge in [0.25, 0.3) is 10.0 Å². The minimum atomic E-state index is -3.67. The number of carbonyl (C=O) groups excluding carboxylic acids is 2. The van der Waals surface area contributed by atoms with Crippen LogP contribution in [0.25, 0.3) is 10.8 Å². The van der Waals surface area contributed by atoms with E-state index in [4.69, 9.17) is 0 Å². The first kappa shape index (κ1) is 27.1. The predicted octanol–water partition coefficient (Wildman–Crippen LogP) is 5.22. The summed E-state index contributed by atoms with van der Waals surface area (Å²) in [6.45, 7) is 4.84. The molecule has 1 aliphatic heterocycles. The van der Waals surface area contributed by atoms with Crippen LogP contribution in [0.3, 0.4) is 0 Å². The number of amides is 2. The van der Waals surface area contributed by atoms with Crippen LogP contribution < -0.4 is 9.62 Å². The highest BCUT2D eigenvalue weighted by Gasteiger charge is 2.35. The summed E-state index contributed by atoms with van der Waals surface area (Å²) in [5.74, 6) is -0.378. The van der Waals surface area contributed by atoms with Gasteiger partial charge in [-0.05, 0) is 55.0 Å². The van der Waals surface area contributed by atoms with Gasteiger partial charge in [-0.2, -0.15) is 0 Å². The Hall–Kier alpha value is -2.91. The van der Waals surface area contributed by atoms with Gasteiger partial charge in [-0.3, -0.25) is 13.9 Å². The van der Waals surface area contributed by atoms with Gasteiger partial charge >= 0.3 is 0 Å². The van der Waals surface area contributed by atoms with Crippen molar-refractivity contribution in [2.24, 2.45) is 0 Å². The molecule has 1 heterocycles. The van der Waals surface area contributed by atoms with Crippen molar-refractivity contribution in [3.05, 3.63) is 70.7 Å². The van der Waals surface area contributed by atoms with Crippen LogP contribution in [0.1, 0.15) is 45.1 Å². The van der Waals surface area contributed by atoms with Crippen molar-refractivity contribution in [1.82, 2.24) is 10.2 Å². The topological polar surface area (TPSA) is 86.8 Å². The van der Waals surface area contributed by atoms with Gasteiger partial charge in [-0.1, -0.05) is 65.7 Å². The van der Waals surface area contributed by atoms with Gasteiger partial charge in [0.15, 0.2) is 0 Å². The summed E-state index contributed by atoms with van der Waals surface area (Å²) in [6, 6.07) is 17.8. The minimum Gasteiger partial charge on any atom is -0.354 e. The Morgan fingerprint density at radius 1 is 1.03 bits per heavy atom. The van der Waals surface area contributed by atoms with E-state index in [1.54, 1.807) is 30.0 Å². The van der Waals surface area contributed by atoms with E-state index in [1.807, 2.05) is 42.5 Å². The molecule has 2 amide bonds. The van der Waals surface area contributed by atoms with Crippen LogP contribution in [-0.2, 0) is 26.2 Å². The molecule has 1 unspecified atom stereocenters. The van der Waals surface area contributed by atoms with Gasteiger partial charge in [0, 0.05) is 35.9 Å². The highest BCUT2D eigenvalue weighted by molar-refractivity contribution is 9.10. The molecular formula is C28H32BrN3O4S. The Morgan fingerprint density at radius 2 is 1.73 bits per heavy atom. The van der Waals surface area contributed by atoms with Gasteiger partial charge in [-0.15, -0.1) is 0 Å². The van der Waals surface area contributed by atoms with Gasteiger partial charge in [-0.25, -0.2) is 8.42 Å². The third kappa shape index (κ3) is 5.83. The molecule has 1 N–H and O–H groups in total. The lowest BCUT2D eigenvalue weighted by molar-refractivity contribution is -0.140. The average molecular weight is 587 g/mol. The molecule has 0 spiro atoms. The van der Waals surface area contributed by atoms with E-state index in [2.05, 4.69) is 28.2 Å². The standard InChI is InChI=1S/C28H32BrN3O4S/c1-3-4-17-30-28(34)20(2)31(19-21-13-15-23(29)16-14-21)26(33)12-7-18-32-24-10-5-8-22-9-6-11-25(27(22)24)37(32,35)36/h5-6,8-11,13-16,20H,3-4,7,12,17-19H2,1-2H3,(H,30,34). The molecule has 0 fully saturated rings. The first-order valence-corrected chi connectivity index (χ1v) is 14.8. The zero-order valence-corrected chi connectivity index (χ0v) is 23.5. The van der Waals surface area contributed by atoms with E-state index in [0.29, 0.717) is 30.1 Å². The van der Waals surface area contributed by atoms with Crippen LogP contribution in [-0.4, -0.2) is 44.3 Å². The highest BCUT2D eigenvalue weighted by Crippen LogP contribution is 2.42. The number of unbranched alkanes of at least 4 members (excludes halogenated alkanes) is 1. The normalized spacial score (nSPS) is 14.5. The molecule has 0 saturated heterocycles. The van der Waals surface area contributed by atoms with Crippen molar-refractivity contribution in [2.45, 2.75) is 57.0 Å². The molecule has 0 aliphatic carbocycles. The zero-order valence-electron chi connectivity index (χ0n) is 21.1. The van der Waals surface area contributed by atoms with E-state index >= 15 is 0 Å². The average Bonchev–Trinajstić information content (AvgIpc) is 3.11. The number of nitrogens with zero attached hydrogens (tertiary/aromatic N) is 2. The Morgan fingerprint density at radius 3 is 2.43 bits per heavy atom. The number of nitrogens with one attached hydrogen (secondary N) is 1. The highest BCUT2D eigenvalue weighted by atomic mass is 79.9. The fraction of sp³-hybridized carbons (Fsp3) is 0.357. The summed E-state index contributed by atoms with van der Waals surface area (Å²) in [5, 5.41) is 4.52. The van der Waals surface area contributed by atoms with E-state index in [-0.39, 0.29) is 24.8 Å². The Labute approximate surface area is 227 Å². The first-order chi connectivity index (χ1) is 17.7. The molecule has 37 heavy (non-hydrogen) atoms. The van der Waals surface area contributed by atoms with Crippen LogP contribution in [0, 0.1) is 0 Å². The van der Waals surface area contributed by atoms with E-state index in [9.17, 15) is 18.0 Å². The van der Waals surface area contributed by atoms with E-state index in [0.717, 1.165) is 33.7 Å². The molecule has 0 aromatic heterocycles. The second-order valence-corrected chi connectivity index (χ2v) is 12.0. The lowest BCUT2D eigenvalue weighted by Gasteiger charge is -2.29. The summed E-state index contributed by atoms with van der Waals surface area (Å²) in [4.78, 5) is 28.1. The lowest BCUT2D eigenvalue weighted by Crippen LogP contribution is -2.47. The number of hydrogen-bond acceptors (Lipinski definition) is 4. The number of rotatable bonds is 11. The molecule has 0 radical (unpaired) electrons. The molecule has 1 atom stereocenters. The van der Waals surface area contributed by atoms with Crippen LogP contribution in [0.15, 0.2) is 70.0 Å². The summed E-state index contributed by atoms with van der Waals surface area (Å²) in [5.41, 5.74) is 1.56. The molecule has 9 heteroatoms. The zero-order chi connectivity index (χ0) is 26.6. The molecule has 196 valence electrons. The molecule has 3 aromatic carbocycles. The Balaban J connectivity index is 1.47. The number of carbonyl (C=O) groups is 2. The van der Waals surface area contributed by atoms with Crippen molar-refractivity contribution in [3.8, 4) is 0 Å². The van der Waals surface area contributed by atoms with Crippen LogP contribution in [0.5, 0.6) is 0 Å². The Kier molecular flexibility index (Phi) is 8.54. The van der Waals surface area contributed by atoms with Crippen LogP contribution in [0.2, 0.25) is 0 Å². The predicted molar refractivity (Wildman–Crippen MR) is 150 cm³/mol. The molecule has 1 aliphatic rings. The third-order valence-electron chi connectivity index (χ3n) is 6.70. The van der Waals surface area contributed by atoms with Crippen molar-refractivity contribution >= 4 is 54.2 Å².